The summed E-state index contributed by atoms with van der Waals surface area (Å²) in [5, 5.41) is 0. The topological polar surface area (TPSA) is 40.6 Å². The Bertz CT molecular complexity index is 980. The molecule has 1 heterocycles. The number of nitrogens with zero attached hydrogens (tertiary/aromatic N) is 2. The van der Waals surface area contributed by atoms with E-state index in [1.54, 1.807) is 11.0 Å². The van der Waals surface area contributed by atoms with Crippen LogP contribution in [-0.2, 0) is 0 Å². The van der Waals surface area contributed by atoms with Crippen LogP contribution in [0.4, 0.5) is 5.69 Å². The molecule has 0 radical (unpaired) electrons. The second-order valence-corrected chi connectivity index (χ2v) is 10.3. The maximum absolute atomic E-state index is 13.3. The van der Waals surface area contributed by atoms with Crippen LogP contribution in [0.5, 0.6) is 0 Å². The molecule has 4 rings (SSSR count). The summed E-state index contributed by atoms with van der Waals surface area (Å²) in [6.07, 6.45) is 5.04. The number of rotatable bonds is 5. The predicted molar refractivity (Wildman–Crippen MR) is 125 cm³/mol. The molecule has 0 N–H and O–H groups in total. The summed E-state index contributed by atoms with van der Waals surface area (Å²) in [5.74, 6) is 0.0192. The van der Waals surface area contributed by atoms with Crippen LogP contribution in [0.15, 0.2) is 67.3 Å². The highest BCUT2D eigenvalue weighted by Gasteiger charge is 2.51. The van der Waals surface area contributed by atoms with Gasteiger partial charge in [-0.3, -0.25) is 9.59 Å². The van der Waals surface area contributed by atoms with Crippen molar-refractivity contribution in [1.29, 1.82) is 0 Å². The van der Waals surface area contributed by atoms with Crippen molar-refractivity contribution in [1.82, 2.24) is 4.90 Å². The minimum atomic E-state index is -0.0805. The van der Waals surface area contributed by atoms with E-state index in [4.69, 9.17) is 0 Å². The van der Waals surface area contributed by atoms with Gasteiger partial charge in [0.1, 0.15) is 0 Å². The quantitative estimate of drug-likeness (QED) is 0.599. The van der Waals surface area contributed by atoms with Crippen LogP contribution in [0.1, 0.15) is 60.7 Å². The molecule has 1 aliphatic carbocycles. The average Bonchev–Trinajstić information content (AvgIpc) is 3.00. The molecular formula is C27H32N2O2. The van der Waals surface area contributed by atoms with E-state index in [1.807, 2.05) is 54.6 Å². The van der Waals surface area contributed by atoms with Gasteiger partial charge in [-0.25, -0.2) is 0 Å². The number of likely N-dealkylation sites (tertiary alicyclic amines) is 1. The van der Waals surface area contributed by atoms with Gasteiger partial charge < -0.3 is 9.80 Å². The largest absolute Gasteiger partial charge is 0.335 e. The third-order valence-electron chi connectivity index (χ3n) is 6.68. The molecule has 2 aliphatic rings. The standard InChI is InChI=1S/C27H32N2O2/c1-5-15-28(24(30)20-9-7-6-8-10-20)22-13-11-21(12-14-22)25(31)29-19-27(4)17-23(29)16-26(2,3)18-27/h5-14,23H,1,15-19H2,2-4H3. The lowest BCUT2D eigenvalue weighted by atomic mass is 9.65. The SMILES string of the molecule is C=CCN(C(=O)c1ccccc1)c1ccc(C(=O)N2CC3(C)CC2CC(C)(C)C3)cc1. The summed E-state index contributed by atoms with van der Waals surface area (Å²) in [6, 6.07) is 17.0. The third kappa shape index (κ3) is 4.30. The normalized spacial score (nSPS) is 24.0. The zero-order chi connectivity index (χ0) is 22.2. The van der Waals surface area contributed by atoms with Crippen LogP contribution in [-0.4, -0.2) is 35.8 Å². The second kappa shape index (κ2) is 7.99. The summed E-state index contributed by atoms with van der Waals surface area (Å²) in [4.78, 5) is 30.1. The predicted octanol–water partition coefficient (Wildman–Crippen LogP) is 5.56. The lowest BCUT2D eigenvalue weighted by Gasteiger charge is -2.39. The Morgan fingerprint density at radius 3 is 2.35 bits per heavy atom. The fraction of sp³-hybridized carbons (Fsp3) is 0.407. The van der Waals surface area contributed by atoms with Gasteiger partial charge >= 0.3 is 0 Å². The molecule has 31 heavy (non-hydrogen) atoms. The maximum Gasteiger partial charge on any atom is 0.258 e. The zero-order valence-corrected chi connectivity index (χ0v) is 18.8. The third-order valence-corrected chi connectivity index (χ3v) is 6.68. The lowest BCUT2D eigenvalue weighted by molar-refractivity contribution is 0.0708. The van der Waals surface area contributed by atoms with Gasteiger partial charge in [-0.1, -0.05) is 45.0 Å². The number of carbonyl (C=O) groups excluding carboxylic acids is 2. The molecule has 2 bridgehead atoms. The van der Waals surface area contributed by atoms with Crippen LogP contribution in [0, 0.1) is 10.8 Å². The Morgan fingerprint density at radius 1 is 1.03 bits per heavy atom. The van der Waals surface area contributed by atoms with E-state index in [0.29, 0.717) is 23.7 Å². The smallest absolute Gasteiger partial charge is 0.258 e. The molecule has 1 saturated heterocycles. The van der Waals surface area contributed by atoms with Crippen molar-refractivity contribution in [2.45, 2.75) is 46.1 Å². The molecule has 1 aliphatic heterocycles. The van der Waals surface area contributed by atoms with Gasteiger partial charge in [0, 0.05) is 35.9 Å². The molecule has 2 aromatic carbocycles. The van der Waals surface area contributed by atoms with Crippen molar-refractivity contribution >= 4 is 17.5 Å². The second-order valence-electron chi connectivity index (χ2n) is 10.3. The van der Waals surface area contributed by atoms with E-state index in [-0.39, 0.29) is 22.6 Å². The molecule has 2 unspecified atom stereocenters. The van der Waals surface area contributed by atoms with Crippen molar-refractivity contribution in [2.24, 2.45) is 10.8 Å². The van der Waals surface area contributed by atoms with Gasteiger partial charge in [0.05, 0.1) is 0 Å². The number of fused-ring (bicyclic) bond motifs is 2. The van der Waals surface area contributed by atoms with Crippen LogP contribution in [0.2, 0.25) is 0 Å². The fourth-order valence-electron chi connectivity index (χ4n) is 5.82. The number of amides is 2. The molecule has 162 valence electrons. The zero-order valence-electron chi connectivity index (χ0n) is 18.8. The molecule has 1 saturated carbocycles. The summed E-state index contributed by atoms with van der Waals surface area (Å²) >= 11 is 0. The summed E-state index contributed by atoms with van der Waals surface area (Å²) in [6.45, 7) is 12.0. The van der Waals surface area contributed by atoms with E-state index >= 15 is 0 Å². The van der Waals surface area contributed by atoms with E-state index in [1.165, 1.54) is 0 Å². The van der Waals surface area contributed by atoms with Crippen LogP contribution in [0.25, 0.3) is 0 Å². The molecule has 2 aromatic rings. The van der Waals surface area contributed by atoms with Gasteiger partial charge in [-0.15, -0.1) is 6.58 Å². The highest BCUT2D eigenvalue weighted by atomic mass is 16.2. The number of hydrogen-bond donors (Lipinski definition) is 0. The van der Waals surface area contributed by atoms with Crippen molar-refractivity contribution in [3.05, 3.63) is 78.4 Å². The molecule has 2 fully saturated rings. The minimum absolute atomic E-state index is 0.0805. The highest BCUT2D eigenvalue weighted by Crippen LogP contribution is 2.52. The molecule has 2 atom stereocenters. The Morgan fingerprint density at radius 2 is 1.71 bits per heavy atom. The number of hydrogen-bond acceptors (Lipinski definition) is 2. The summed E-state index contributed by atoms with van der Waals surface area (Å²) < 4.78 is 0. The lowest BCUT2D eigenvalue weighted by Crippen LogP contribution is -2.37. The first-order chi connectivity index (χ1) is 14.7. The Kier molecular flexibility index (Phi) is 5.50. The summed E-state index contributed by atoms with van der Waals surface area (Å²) in [5.41, 5.74) is 2.57. The minimum Gasteiger partial charge on any atom is -0.335 e. The van der Waals surface area contributed by atoms with Gasteiger partial charge in [0.15, 0.2) is 0 Å². The Labute approximate surface area is 185 Å². The first-order valence-electron chi connectivity index (χ1n) is 11.1. The highest BCUT2D eigenvalue weighted by molar-refractivity contribution is 6.06. The van der Waals surface area contributed by atoms with Gasteiger partial charge in [-0.05, 0) is 66.5 Å². The molecule has 4 nitrogen and oxygen atoms in total. The summed E-state index contributed by atoms with van der Waals surface area (Å²) in [7, 11) is 0. The van der Waals surface area contributed by atoms with Crippen molar-refractivity contribution < 1.29 is 9.59 Å². The van der Waals surface area contributed by atoms with Crippen LogP contribution in [0.3, 0.4) is 0 Å². The average molecular weight is 417 g/mol. The van der Waals surface area contributed by atoms with Gasteiger partial charge in [0.25, 0.3) is 11.8 Å². The van der Waals surface area contributed by atoms with Crippen LogP contribution >= 0.6 is 0 Å². The Hall–Kier alpha value is -2.88. The molecule has 0 spiro atoms. The number of benzene rings is 2. The fourth-order valence-corrected chi connectivity index (χ4v) is 5.82. The van der Waals surface area contributed by atoms with Crippen molar-refractivity contribution in [3.63, 3.8) is 0 Å². The Balaban J connectivity index is 1.54. The van der Waals surface area contributed by atoms with Gasteiger partial charge in [0.2, 0.25) is 0 Å². The van der Waals surface area contributed by atoms with Crippen molar-refractivity contribution in [2.75, 3.05) is 18.0 Å². The molecule has 0 aromatic heterocycles. The molecule has 2 amide bonds. The number of carbonyl (C=O) groups is 2. The maximum atomic E-state index is 13.3. The monoisotopic (exact) mass is 416 g/mol. The van der Waals surface area contributed by atoms with E-state index in [9.17, 15) is 9.59 Å². The van der Waals surface area contributed by atoms with Crippen LogP contribution < -0.4 is 4.90 Å². The van der Waals surface area contributed by atoms with E-state index in [2.05, 4.69) is 32.3 Å². The first-order valence-corrected chi connectivity index (χ1v) is 11.1. The van der Waals surface area contributed by atoms with Gasteiger partial charge in [-0.2, -0.15) is 0 Å². The van der Waals surface area contributed by atoms with Crippen molar-refractivity contribution in [3.8, 4) is 0 Å². The first kappa shape index (κ1) is 21.4. The van der Waals surface area contributed by atoms with E-state index in [0.717, 1.165) is 31.5 Å². The molecule has 4 heteroatoms. The number of anilines is 1. The molecular weight excluding hydrogens is 384 g/mol. The van der Waals surface area contributed by atoms with E-state index < -0.39 is 0 Å².